The van der Waals surface area contributed by atoms with Crippen LogP contribution in [0.2, 0.25) is 15.1 Å². The smallest absolute Gasteiger partial charge is 0.235 e. The predicted octanol–water partition coefficient (Wildman–Crippen LogP) is 5.78. The Balaban J connectivity index is 1.47. The van der Waals surface area contributed by atoms with Crippen molar-refractivity contribution in [3.8, 4) is 0 Å². The third-order valence-corrected chi connectivity index (χ3v) is 6.64. The molecule has 0 bridgehead atoms. The van der Waals surface area contributed by atoms with Gasteiger partial charge in [-0.25, -0.2) is 0 Å². The number of halogens is 4. The normalized spacial score (nSPS) is 17.2. The van der Waals surface area contributed by atoms with E-state index in [0.29, 0.717) is 21.5 Å². The number of rotatable bonds is 6. The topological polar surface area (TPSA) is 37.3 Å². The van der Waals surface area contributed by atoms with E-state index in [9.17, 15) is 4.79 Å². The van der Waals surface area contributed by atoms with Crippen molar-refractivity contribution in [2.75, 3.05) is 13.1 Å². The summed E-state index contributed by atoms with van der Waals surface area (Å²) in [5, 5.41) is 4.57. The fourth-order valence-electron chi connectivity index (χ4n) is 3.95. The van der Waals surface area contributed by atoms with Gasteiger partial charge in [0.1, 0.15) is 5.50 Å². The minimum atomic E-state index is -0.509. The highest BCUT2D eigenvalue weighted by molar-refractivity contribution is 6.42. The standard InChI is InChI=1S/C23H21Cl4N3O/c24-17-6-3-15(4-7-17)12-21(27)28-22(31)14-30-11-10-29-9-1-2-20(29)23(30)16-5-8-18(25)19(26)13-16/h1-9,13,21,23H,10-12,14H2,(H,28,31). The van der Waals surface area contributed by atoms with Crippen molar-refractivity contribution in [3.63, 3.8) is 0 Å². The minimum Gasteiger partial charge on any atom is -0.348 e. The van der Waals surface area contributed by atoms with E-state index in [4.69, 9.17) is 46.4 Å². The van der Waals surface area contributed by atoms with E-state index in [1.165, 1.54) is 0 Å². The number of nitrogens with zero attached hydrogens (tertiary/aromatic N) is 2. The fourth-order valence-corrected chi connectivity index (χ4v) is 4.68. The van der Waals surface area contributed by atoms with Crippen molar-refractivity contribution in [3.05, 3.63) is 92.7 Å². The van der Waals surface area contributed by atoms with Crippen LogP contribution in [0.3, 0.4) is 0 Å². The van der Waals surface area contributed by atoms with Crippen LogP contribution in [0.4, 0.5) is 0 Å². The predicted molar refractivity (Wildman–Crippen MR) is 127 cm³/mol. The zero-order valence-electron chi connectivity index (χ0n) is 16.6. The molecule has 2 unspecified atom stereocenters. The average Bonchev–Trinajstić information content (AvgIpc) is 3.20. The number of benzene rings is 2. The Bertz CT molecular complexity index is 1070. The van der Waals surface area contributed by atoms with Gasteiger partial charge in [-0.2, -0.15) is 0 Å². The van der Waals surface area contributed by atoms with Crippen LogP contribution in [0.15, 0.2) is 60.8 Å². The lowest BCUT2D eigenvalue weighted by molar-refractivity contribution is -0.123. The van der Waals surface area contributed by atoms with Gasteiger partial charge in [-0.3, -0.25) is 9.69 Å². The molecule has 0 fully saturated rings. The number of nitrogens with one attached hydrogen (secondary N) is 1. The molecule has 1 aliphatic heterocycles. The van der Waals surface area contributed by atoms with Gasteiger partial charge in [-0.05, 0) is 47.5 Å². The van der Waals surface area contributed by atoms with E-state index in [1.54, 1.807) is 6.07 Å². The zero-order valence-corrected chi connectivity index (χ0v) is 19.6. The zero-order chi connectivity index (χ0) is 22.0. The molecule has 0 spiro atoms. The van der Waals surface area contributed by atoms with Crippen LogP contribution in [0.25, 0.3) is 0 Å². The van der Waals surface area contributed by atoms with Gasteiger partial charge in [-0.1, -0.05) is 64.6 Å². The first-order chi connectivity index (χ1) is 14.9. The van der Waals surface area contributed by atoms with Gasteiger partial charge < -0.3 is 9.88 Å². The number of carbonyl (C=O) groups excluding carboxylic acids is 1. The third-order valence-electron chi connectivity index (χ3n) is 5.39. The third kappa shape index (κ3) is 5.39. The Hall–Kier alpha value is -1.69. The number of hydrogen-bond donors (Lipinski definition) is 1. The van der Waals surface area contributed by atoms with E-state index >= 15 is 0 Å². The number of fused-ring (bicyclic) bond motifs is 1. The first kappa shape index (κ1) is 22.5. The van der Waals surface area contributed by atoms with Crippen LogP contribution in [-0.2, 0) is 17.8 Å². The van der Waals surface area contributed by atoms with Crippen molar-refractivity contribution < 1.29 is 4.79 Å². The Labute approximate surface area is 201 Å². The molecule has 2 aromatic carbocycles. The number of amides is 1. The maximum Gasteiger partial charge on any atom is 0.235 e. The Morgan fingerprint density at radius 1 is 1.03 bits per heavy atom. The Morgan fingerprint density at radius 2 is 1.81 bits per heavy atom. The van der Waals surface area contributed by atoms with Gasteiger partial charge in [0.15, 0.2) is 0 Å². The molecule has 1 amide bonds. The molecule has 1 aromatic heterocycles. The Kier molecular flexibility index (Phi) is 7.15. The summed E-state index contributed by atoms with van der Waals surface area (Å²) in [5.41, 5.74) is 2.60. The van der Waals surface area contributed by atoms with Crippen LogP contribution >= 0.6 is 46.4 Å². The van der Waals surface area contributed by atoms with Crippen molar-refractivity contribution >= 4 is 52.3 Å². The van der Waals surface area contributed by atoms with E-state index in [2.05, 4.69) is 27.0 Å². The number of alkyl halides is 1. The van der Waals surface area contributed by atoms with Crippen molar-refractivity contribution in [2.24, 2.45) is 0 Å². The highest BCUT2D eigenvalue weighted by atomic mass is 35.5. The van der Waals surface area contributed by atoms with Crippen LogP contribution in [0, 0.1) is 0 Å². The molecular formula is C23H21Cl4N3O. The monoisotopic (exact) mass is 495 g/mol. The summed E-state index contributed by atoms with van der Waals surface area (Å²) in [6, 6.07) is 17.0. The molecule has 8 heteroatoms. The van der Waals surface area contributed by atoms with Crippen molar-refractivity contribution in [1.82, 2.24) is 14.8 Å². The molecule has 2 atom stereocenters. The SMILES string of the molecule is O=C(CN1CCn2cccc2C1c1ccc(Cl)c(Cl)c1)NC(Cl)Cc1ccc(Cl)cc1. The second-order valence-electron chi connectivity index (χ2n) is 7.54. The second-order valence-corrected chi connectivity index (χ2v) is 9.32. The summed E-state index contributed by atoms with van der Waals surface area (Å²) in [7, 11) is 0. The summed E-state index contributed by atoms with van der Waals surface area (Å²) < 4.78 is 2.20. The van der Waals surface area contributed by atoms with E-state index < -0.39 is 5.50 Å². The summed E-state index contributed by atoms with van der Waals surface area (Å²) in [4.78, 5) is 14.9. The molecule has 162 valence electrons. The maximum atomic E-state index is 12.8. The van der Waals surface area contributed by atoms with Crippen molar-refractivity contribution in [1.29, 1.82) is 0 Å². The van der Waals surface area contributed by atoms with Crippen molar-refractivity contribution in [2.45, 2.75) is 24.5 Å². The highest BCUT2D eigenvalue weighted by Crippen LogP contribution is 2.35. The molecule has 4 rings (SSSR count). The summed E-state index contributed by atoms with van der Waals surface area (Å²) >= 11 is 24.7. The molecule has 1 aliphatic rings. The van der Waals surface area contributed by atoms with Gasteiger partial charge in [0.25, 0.3) is 0 Å². The molecule has 31 heavy (non-hydrogen) atoms. The molecule has 1 N–H and O–H groups in total. The van der Waals surface area contributed by atoms with Gasteiger partial charge in [0, 0.05) is 36.4 Å². The van der Waals surface area contributed by atoms with E-state index in [-0.39, 0.29) is 18.5 Å². The molecule has 0 aliphatic carbocycles. The molecule has 2 heterocycles. The quantitative estimate of drug-likeness (QED) is 0.347. The number of hydrogen-bond acceptors (Lipinski definition) is 2. The van der Waals surface area contributed by atoms with Crippen LogP contribution in [-0.4, -0.2) is 34.0 Å². The molecule has 4 nitrogen and oxygen atoms in total. The second kappa shape index (κ2) is 9.85. The largest absolute Gasteiger partial charge is 0.348 e. The fraction of sp³-hybridized carbons (Fsp3) is 0.261. The van der Waals surface area contributed by atoms with Gasteiger partial charge in [0.2, 0.25) is 5.91 Å². The van der Waals surface area contributed by atoms with Gasteiger partial charge in [0.05, 0.1) is 22.6 Å². The summed E-state index contributed by atoms with van der Waals surface area (Å²) in [6.45, 7) is 1.76. The average molecular weight is 497 g/mol. The van der Waals surface area contributed by atoms with Gasteiger partial charge in [-0.15, -0.1) is 0 Å². The summed E-state index contributed by atoms with van der Waals surface area (Å²) in [6.07, 6.45) is 2.57. The summed E-state index contributed by atoms with van der Waals surface area (Å²) in [5.74, 6) is -0.126. The van der Waals surface area contributed by atoms with Crippen LogP contribution in [0.1, 0.15) is 22.9 Å². The van der Waals surface area contributed by atoms with E-state index in [0.717, 1.165) is 29.9 Å². The lowest BCUT2D eigenvalue weighted by atomic mass is 10.00. The van der Waals surface area contributed by atoms with E-state index in [1.807, 2.05) is 42.5 Å². The molecule has 0 radical (unpaired) electrons. The lowest BCUT2D eigenvalue weighted by Crippen LogP contribution is -2.46. The minimum absolute atomic E-state index is 0.102. The first-order valence-electron chi connectivity index (χ1n) is 9.92. The van der Waals surface area contributed by atoms with Gasteiger partial charge >= 0.3 is 0 Å². The highest BCUT2D eigenvalue weighted by Gasteiger charge is 2.30. The molecular weight excluding hydrogens is 476 g/mol. The van der Waals surface area contributed by atoms with Crippen LogP contribution < -0.4 is 5.32 Å². The maximum absolute atomic E-state index is 12.8. The number of aromatic nitrogens is 1. The van der Waals surface area contributed by atoms with Crippen LogP contribution in [0.5, 0.6) is 0 Å². The first-order valence-corrected chi connectivity index (χ1v) is 11.5. The molecule has 0 saturated heterocycles. The molecule has 0 saturated carbocycles. The molecule has 3 aromatic rings. The lowest BCUT2D eigenvalue weighted by Gasteiger charge is -2.37. The Morgan fingerprint density at radius 3 is 2.55 bits per heavy atom. The number of carbonyl (C=O) groups is 1.